The molecule has 0 atom stereocenters. The third kappa shape index (κ3) is 6.68. The molecule has 0 spiro atoms. The molecule has 3 rings (SSSR count). The Balaban J connectivity index is 1.61. The lowest BCUT2D eigenvalue weighted by Crippen LogP contribution is -2.10. The van der Waals surface area contributed by atoms with Crippen LogP contribution in [-0.4, -0.2) is 30.5 Å². The summed E-state index contributed by atoms with van der Waals surface area (Å²) in [5, 5.41) is 8.79. The number of alkyl halides is 3. The van der Waals surface area contributed by atoms with Gasteiger partial charge in [-0.05, 0) is 53.8 Å². The van der Waals surface area contributed by atoms with Crippen LogP contribution in [0.25, 0.3) is 11.1 Å². The predicted molar refractivity (Wildman–Crippen MR) is 122 cm³/mol. The van der Waals surface area contributed by atoms with Crippen molar-refractivity contribution < 1.29 is 32.5 Å². The van der Waals surface area contributed by atoms with Crippen molar-refractivity contribution in [2.24, 2.45) is 0 Å². The number of ether oxygens (including phenoxy) is 2. The molecular formula is C25H23F3O4S. The first kappa shape index (κ1) is 24.5. The summed E-state index contributed by atoms with van der Waals surface area (Å²) in [7, 11) is 1.55. The molecule has 0 amide bonds. The van der Waals surface area contributed by atoms with Gasteiger partial charge in [0.25, 0.3) is 0 Å². The summed E-state index contributed by atoms with van der Waals surface area (Å²) in [6, 6.07) is 16.5. The van der Waals surface area contributed by atoms with Crippen LogP contribution < -0.4 is 9.47 Å². The largest absolute Gasteiger partial charge is 0.495 e. The van der Waals surface area contributed by atoms with Gasteiger partial charge in [0.1, 0.15) is 11.5 Å². The highest BCUT2D eigenvalue weighted by molar-refractivity contribution is 7.99. The first-order valence-electron chi connectivity index (χ1n) is 10.1. The van der Waals surface area contributed by atoms with Gasteiger partial charge in [-0.25, -0.2) is 4.79 Å². The predicted octanol–water partition coefficient (Wildman–Crippen LogP) is 6.49. The van der Waals surface area contributed by atoms with Crippen molar-refractivity contribution in [3.63, 3.8) is 0 Å². The van der Waals surface area contributed by atoms with Crippen LogP contribution in [0.2, 0.25) is 0 Å². The molecule has 4 nitrogen and oxygen atoms in total. The molecule has 0 saturated carbocycles. The summed E-state index contributed by atoms with van der Waals surface area (Å²) in [4.78, 5) is 11.7. The van der Waals surface area contributed by atoms with Crippen LogP contribution in [0.1, 0.15) is 16.7 Å². The van der Waals surface area contributed by atoms with Crippen molar-refractivity contribution in [3.8, 4) is 22.6 Å². The maximum atomic E-state index is 12.7. The molecule has 0 saturated heterocycles. The summed E-state index contributed by atoms with van der Waals surface area (Å²) in [6.07, 6.45) is -3.55. The van der Waals surface area contributed by atoms with E-state index in [0.29, 0.717) is 11.5 Å². The van der Waals surface area contributed by atoms with Crippen molar-refractivity contribution in [3.05, 3.63) is 77.4 Å². The van der Waals surface area contributed by atoms with E-state index in [4.69, 9.17) is 14.6 Å². The van der Waals surface area contributed by atoms with Crippen molar-refractivity contribution in [2.45, 2.75) is 24.4 Å². The maximum Gasteiger partial charge on any atom is 0.416 e. The summed E-state index contributed by atoms with van der Waals surface area (Å²) in [5.74, 6) is 0.822. The molecular weight excluding hydrogens is 453 g/mol. The number of halogens is 3. The Morgan fingerprint density at radius 3 is 2.12 bits per heavy atom. The zero-order valence-electron chi connectivity index (χ0n) is 18.1. The first-order valence-corrected chi connectivity index (χ1v) is 11.1. The molecule has 3 aromatic carbocycles. The van der Waals surface area contributed by atoms with Crippen LogP contribution >= 0.6 is 11.8 Å². The van der Waals surface area contributed by atoms with E-state index in [2.05, 4.69) is 0 Å². The summed E-state index contributed by atoms with van der Waals surface area (Å²) < 4.78 is 48.9. The highest BCUT2D eigenvalue weighted by atomic mass is 32.2. The van der Waals surface area contributed by atoms with E-state index in [1.807, 2.05) is 37.3 Å². The number of rotatable bonds is 9. The quantitative estimate of drug-likeness (QED) is 0.358. The number of aliphatic carboxylic acids is 1. The topological polar surface area (TPSA) is 55.8 Å². The minimum absolute atomic E-state index is 0.418. The molecule has 0 aromatic heterocycles. The Labute approximate surface area is 194 Å². The van der Waals surface area contributed by atoms with E-state index < -0.39 is 24.3 Å². The van der Waals surface area contributed by atoms with Gasteiger partial charge in [-0.1, -0.05) is 36.4 Å². The summed E-state index contributed by atoms with van der Waals surface area (Å²) in [6.45, 7) is 1.43. The van der Waals surface area contributed by atoms with E-state index in [1.54, 1.807) is 24.9 Å². The van der Waals surface area contributed by atoms with E-state index in [0.717, 1.165) is 51.5 Å². The molecule has 1 N–H and O–H groups in total. The molecule has 0 aliphatic rings. The first-order chi connectivity index (χ1) is 15.7. The Morgan fingerprint density at radius 2 is 1.58 bits per heavy atom. The van der Waals surface area contributed by atoms with Gasteiger partial charge in [0.15, 0.2) is 6.61 Å². The van der Waals surface area contributed by atoms with Gasteiger partial charge in [0.2, 0.25) is 0 Å². The van der Waals surface area contributed by atoms with Crippen LogP contribution in [0.15, 0.2) is 65.6 Å². The lowest BCUT2D eigenvalue weighted by atomic mass is 10.0. The second-order valence-corrected chi connectivity index (χ2v) is 8.46. The van der Waals surface area contributed by atoms with E-state index >= 15 is 0 Å². The molecule has 0 unspecified atom stereocenters. The molecule has 0 radical (unpaired) electrons. The third-order valence-corrected chi connectivity index (χ3v) is 6.00. The van der Waals surface area contributed by atoms with Crippen LogP contribution in [0, 0.1) is 6.92 Å². The number of benzene rings is 3. The molecule has 0 fully saturated rings. The number of methoxy groups -OCH3 is 1. The Hall–Kier alpha value is -3.13. The highest BCUT2D eigenvalue weighted by Gasteiger charge is 2.29. The van der Waals surface area contributed by atoms with Crippen molar-refractivity contribution in [1.82, 2.24) is 0 Å². The van der Waals surface area contributed by atoms with Gasteiger partial charge in [-0.3, -0.25) is 0 Å². The second kappa shape index (κ2) is 10.7. The zero-order valence-corrected chi connectivity index (χ0v) is 18.9. The average molecular weight is 477 g/mol. The minimum atomic E-state index is -4.34. The average Bonchev–Trinajstić information content (AvgIpc) is 2.78. The van der Waals surface area contributed by atoms with Gasteiger partial charge in [-0.2, -0.15) is 13.2 Å². The fourth-order valence-corrected chi connectivity index (χ4v) is 4.31. The maximum absolute atomic E-state index is 12.7. The number of hydrogen-bond acceptors (Lipinski definition) is 4. The summed E-state index contributed by atoms with van der Waals surface area (Å²) in [5.41, 5.74) is 2.85. The molecule has 3 aromatic rings. The number of aryl methyl sites for hydroxylation is 2. The van der Waals surface area contributed by atoms with Crippen LogP contribution in [0.3, 0.4) is 0 Å². The zero-order chi connectivity index (χ0) is 24.0. The second-order valence-electron chi connectivity index (χ2n) is 7.32. The fraction of sp³-hybridized carbons (Fsp3) is 0.240. The lowest BCUT2D eigenvalue weighted by molar-refractivity contribution is -0.139. The van der Waals surface area contributed by atoms with Crippen molar-refractivity contribution in [2.75, 3.05) is 19.5 Å². The Bertz CT molecular complexity index is 1090. The molecule has 0 aliphatic heterocycles. The molecule has 8 heteroatoms. The Kier molecular flexibility index (Phi) is 7.92. The third-order valence-electron chi connectivity index (χ3n) is 4.96. The van der Waals surface area contributed by atoms with Gasteiger partial charge >= 0.3 is 12.1 Å². The van der Waals surface area contributed by atoms with Crippen LogP contribution in [0.4, 0.5) is 13.2 Å². The number of carboxylic acids is 1. The molecule has 0 heterocycles. The SMILES string of the molecule is COc1cc(OCC(=O)O)c(C)cc1SCCc1ccc(-c2ccc(C(F)(F)F)cc2)cc1. The lowest BCUT2D eigenvalue weighted by Gasteiger charge is -2.13. The smallest absolute Gasteiger partial charge is 0.416 e. The number of carbonyl (C=O) groups is 1. The van der Waals surface area contributed by atoms with E-state index in [1.165, 1.54) is 12.1 Å². The molecule has 0 bridgehead atoms. The standard InChI is InChI=1S/C25H23F3O4S/c1-16-13-23(22(31-2)14-21(16)32-15-24(29)30)33-12-11-17-3-5-18(6-4-17)19-7-9-20(10-8-19)25(26,27)28/h3-10,13-14H,11-12,15H2,1-2H3,(H,29,30). The Morgan fingerprint density at radius 1 is 0.970 bits per heavy atom. The van der Waals surface area contributed by atoms with Gasteiger partial charge in [0, 0.05) is 16.7 Å². The monoisotopic (exact) mass is 476 g/mol. The molecule has 174 valence electrons. The van der Waals surface area contributed by atoms with Crippen molar-refractivity contribution in [1.29, 1.82) is 0 Å². The van der Waals surface area contributed by atoms with E-state index in [9.17, 15) is 18.0 Å². The van der Waals surface area contributed by atoms with Crippen molar-refractivity contribution >= 4 is 17.7 Å². The van der Waals surface area contributed by atoms with Gasteiger partial charge < -0.3 is 14.6 Å². The van der Waals surface area contributed by atoms with E-state index in [-0.39, 0.29) is 0 Å². The normalized spacial score (nSPS) is 11.3. The van der Waals surface area contributed by atoms with Gasteiger partial charge in [-0.15, -0.1) is 11.8 Å². The van der Waals surface area contributed by atoms with Gasteiger partial charge in [0.05, 0.1) is 12.7 Å². The summed E-state index contributed by atoms with van der Waals surface area (Å²) >= 11 is 1.61. The fourth-order valence-electron chi connectivity index (χ4n) is 3.20. The minimum Gasteiger partial charge on any atom is -0.495 e. The highest BCUT2D eigenvalue weighted by Crippen LogP contribution is 2.36. The number of thioether (sulfide) groups is 1. The molecule has 33 heavy (non-hydrogen) atoms. The molecule has 0 aliphatic carbocycles. The number of hydrogen-bond donors (Lipinski definition) is 1. The van der Waals surface area contributed by atoms with Crippen LogP contribution in [-0.2, 0) is 17.4 Å². The number of carboxylic acid groups (broad SMARTS) is 1. The van der Waals surface area contributed by atoms with Crippen LogP contribution in [0.5, 0.6) is 11.5 Å².